The molecule has 1 aromatic heterocycles. The third-order valence-corrected chi connectivity index (χ3v) is 6.37. The van der Waals surface area contributed by atoms with Crippen molar-refractivity contribution in [3.8, 4) is 0 Å². The Morgan fingerprint density at radius 1 is 1.32 bits per heavy atom. The number of anilines is 1. The van der Waals surface area contributed by atoms with E-state index >= 15 is 0 Å². The number of hydrogen-bond donors (Lipinski definition) is 2. The highest BCUT2D eigenvalue weighted by atomic mass is 32.2. The summed E-state index contributed by atoms with van der Waals surface area (Å²) in [4.78, 5) is 16.0. The number of aliphatic hydroxyl groups excluding tert-OH is 1. The van der Waals surface area contributed by atoms with Crippen LogP contribution in [0.15, 0.2) is 40.7 Å². The zero-order chi connectivity index (χ0) is 15.7. The SMILES string of the molecule is O=C(Nc1nccs1)C(O)c1ccc(S(=O)(=O)C2CC2)cc1. The molecular weight excluding hydrogens is 324 g/mol. The van der Waals surface area contributed by atoms with E-state index in [0.29, 0.717) is 23.5 Å². The van der Waals surface area contributed by atoms with Crippen LogP contribution in [0.2, 0.25) is 0 Å². The number of thiazole rings is 1. The van der Waals surface area contributed by atoms with Gasteiger partial charge in [0.1, 0.15) is 0 Å². The number of nitrogens with zero attached hydrogens (tertiary/aromatic N) is 1. The van der Waals surface area contributed by atoms with Gasteiger partial charge in [0.15, 0.2) is 21.1 Å². The molecule has 1 unspecified atom stereocenters. The molecule has 116 valence electrons. The van der Waals surface area contributed by atoms with Crippen molar-refractivity contribution >= 4 is 32.2 Å². The molecule has 3 rings (SSSR count). The summed E-state index contributed by atoms with van der Waals surface area (Å²) < 4.78 is 24.1. The molecule has 1 amide bonds. The zero-order valence-corrected chi connectivity index (χ0v) is 13.1. The van der Waals surface area contributed by atoms with Crippen molar-refractivity contribution in [2.45, 2.75) is 29.1 Å². The molecule has 6 nitrogen and oxygen atoms in total. The highest BCUT2D eigenvalue weighted by Gasteiger charge is 2.36. The quantitative estimate of drug-likeness (QED) is 0.866. The molecule has 22 heavy (non-hydrogen) atoms. The summed E-state index contributed by atoms with van der Waals surface area (Å²) in [6, 6.07) is 5.79. The number of carbonyl (C=O) groups excluding carboxylic acids is 1. The fourth-order valence-corrected chi connectivity index (χ4v) is 4.21. The van der Waals surface area contributed by atoms with E-state index in [0.717, 1.165) is 0 Å². The lowest BCUT2D eigenvalue weighted by molar-refractivity contribution is -0.124. The summed E-state index contributed by atoms with van der Waals surface area (Å²) in [7, 11) is -3.26. The van der Waals surface area contributed by atoms with Gasteiger partial charge in [0.05, 0.1) is 10.1 Å². The average Bonchev–Trinajstić information content (AvgIpc) is 3.26. The van der Waals surface area contributed by atoms with E-state index in [-0.39, 0.29) is 10.1 Å². The van der Waals surface area contributed by atoms with Crippen LogP contribution in [-0.2, 0) is 14.6 Å². The van der Waals surface area contributed by atoms with Crippen LogP contribution in [-0.4, -0.2) is 29.7 Å². The number of hydrogen-bond acceptors (Lipinski definition) is 6. The first-order valence-electron chi connectivity index (χ1n) is 6.71. The van der Waals surface area contributed by atoms with Crippen LogP contribution in [0, 0.1) is 0 Å². The molecule has 0 bridgehead atoms. The molecule has 1 heterocycles. The van der Waals surface area contributed by atoms with Crippen molar-refractivity contribution in [1.29, 1.82) is 0 Å². The maximum Gasteiger partial charge on any atom is 0.259 e. The third kappa shape index (κ3) is 3.03. The van der Waals surface area contributed by atoms with Gasteiger partial charge >= 0.3 is 0 Å². The molecule has 2 N–H and O–H groups in total. The first kappa shape index (κ1) is 15.1. The Bertz CT molecular complexity index is 766. The van der Waals surface area contributed by atoms with Crippen LogP contribution >= 0.6 is 11.3 Å². The van der Waals surface area contributed by atoms with E-state index in [2.05, 4.69) is 10.3 Å². The smallest absolute Gasteiger partial charge is 0.259 e. The number of aliphatic hydroxyl groups is 1. The lowest BCUT2D eigenvalue weighted by Crippen LogP contribution is -2.20. The fraction of sp³-hybridized carbons (Fsp3) is 0.286. The van der Waals surface area contributed by atoms with Gasteiger partial charge in [0, 0.05) is 11.6 Å². The number of nitrogens with one attached hydrogen (secondary N) is 1. The molecule has 0 spiro atoms. The zero-order valence-electron chi connectivity index (χ0n) is 11.5. The number of benzene rings is 1. The van der Waals surface area contributed by atoms with Crippen molar-refractivity contribution in [2.75, 3.05) is 5.32 Å². The Labute approximate surface area is 131 Å². The first-order valence-corrected chi connectivity index (χ1v) is 9.13. The van der Waals surface area contributed by atoms with Crippen molar-refractivity contribution in [2.24, 2.45) is 0 Å². The number of sulfone groups is 1. The summed E-state index contributed by atoms with van der Waals surface area (Å²) in [5.41, 5.74) is 0.337. The topological polar surface area (TPSA) is 96.4 Å². The summed E-state index contributed by atoms with van der Waals surface area (Å²) in [6.07, 6.45) is 1.57. The average molecular weight is 338 g/mol. The summed E-state index contributed by atoms with van der Waals surface area (Å²) >= 11 is 1.25. The molecule has 1 atom stereocenters. The van der Waals surface area contributed by atoms with Gasteiger partial charge in [0.25, 0.3) is 5.91 Å². The van der Waals surface area contributed by atoms with E-state index in [1.54, 1.807) is 11.6 Å². The predicted molar refractivity (Wildman–Crippen MR) is 82.4 cm³/mol. The van der Waals surface area contributed by atoms with Crippen LogP contribution in [0.1, 0.15) is 24.5 Å². The Kier molecular flexibility index (Phi) is 3.98. The second kappa shape index (κ2) is 5.79. The summed E-state index contributed by atoms with van der Waals surface area (Å²) in [5.74, 6) is -0.604. The minimum atomic E-state index is -3.26. The van der Waals surface area contributed by atoms with Gasteiger partial charge in [-0.15, -0.1) is 11.3 Å². The van der Waals surface area contributed by atoms with E-state index in [1.165, 1.54) is 35.6 Å². The molecule has 2 aromatic rings. The van der Waals surface area contributed by atoms with Crippen molar-refractivity contribution in [3.63, 3.8) is 0 Å². The predicted octanol–water partition coefficient (Wildman–Crippen LogP) is 1.75. The Morgan fingerprint density at radius 2 is 2.00 bits per heavy atom. The Morgan fingerprint density at radius 3 is 2.55 bits per heavy atom. The molecule has 8 heteroatoms. The Hall–Kier alpha value is -1.77. The third-order valence-electron chi connectivity index (χ3n) is 3.40. The van der Waals surface area contributed by atoms with Gasteiger partial charge in [-0.3, -0.25) is 10.1 Å². The maximum atomic E-state index is 12.1. The molecule has 0 saturated heterocycles. The van der Waals surface area contributed by atoms with Crippen molar-refractivity contribution < 1.29 is 18.3 Å². The van der Waals surface area contributed by atoms with E-state index < -0.39 is 21.8 Å². The van der Waals surface area contributed by atoms with Crippen LogP contribution in [0.4, 0.5) is 5.13 Å². The monoisotopic (exact) mass is 338 g/mol. The highest BCUT2D eigenvalue weighted by molar-refractivity contribution is 7.92. The van der Waals surface area contributed by atoms with E-state index in [1.807, 2.05) is 0 Å². The van der Waals surface area contributed by atoms with Gasteiger partial charge in [0.2, 0.25) is 0 Å². The molecule has 0 radical (unpaired) electrons. The normalized spacial score (nSPS) is 16.2. The molecule has 1 saturated carbocycles. The van der Waals surface area contributed by atoms with Crippen LogP contribution < -0.4 is 5.32 Å². The maximum absolute atomic E-state index is 12.1. The summed E-state index contributed by atoms with van der Waals surface area (Å²) in [6.45, 7) is 0. The van der Waals surface area contributed by atoms with Gasteiger partial charge in [-0.1, -0.05) is 12.1 Å². The number of carbonyl (C=O) groups is 1. The molecular formula is C14H14N2O4S2. The van der Waals surface area contributed by atoms with E-state index in [9.17, 15) is 18.3 Å². The highest BCUT2D eigenvalue weighted by Crippen LogP contribution is 2.33. The number of amides is 1. The number of aromatic nitrogens is 1. The lowest BCUT2D eigenvalue weighted by atomic mass is 10.1. The molecule has 1 aliphatic carbocycles. The van der Waals surface area contributed by atoms with Gasteiger partial charge in [-0.25, -0.2) is 13.4 Å². The fourth-order valence-electron chi connectivity index (χ4n) is 2.02. The summed E-state index contributed by atoms with van der Waals surface area (Å²) in [5, 5.41) is 14.3. The molecule has 0 aliphatic heterocycles. The second-order valence-corrected chi connectivity index (χ2v) is 8.17. The lowest BCUT2D eigenvalue weighted by Gasteiger charge is -2.11. The molecule has 1 aromatic carbocycles. The van der Waals surface area contributed by atoms with Gasteiger partial charge in [-0.05, 0) is 30.5 Å². The van der Waals surface area contributed by atoms with Crippen molar-refractivity contribution in [1.82, 2.24) is 4.98 Å². The van der Waals surface area contributed by atoms with Crippen LogP contribution in [0.25, 0.3) is 0 Å². The molecule has 1 fully saturated rings. The first-order chi connectivity index (χ1) is 10.5. The van der Waals surface area contributed by atoms with Gasteiger partial charge in [-0.2, -0.15) is 0 Å². The number of rotatable bonds is 5. The minimum Gasteiger partial charge on any atom is -0.378 e. The van der Waals surface area contributed by atoms with Crippen LogP contribution in [0.3, 0.4) is 0 Å². The minimum absolute atomic E-state index is 0.228. The van der Waals surface area contributed by atoms with Crippen LogP contribution in [0.5, 0.6) is 0 Å². The Balaban J connectivity index is 1.73. The van der Waals surface area contributed by atoms with Crippen molar-refractivity contribution in [3.05, 3.63) is 41.4 Å². The second-order valence-electron chi connectivity index (χ2n) is 5.04. The van der Waals surface area contributed by atoms with Gasteiger partial charge < -0.3 is 5.11 Å². The largest absolute Gasteiger partial charge is 0.378 e. The van der Waals surface area contributed by atoms with E-state index in [4.69, 9.17) is 0 Å². The standard InChI is InChI=1S/C14H14N2O4S2/c17-12(13(18)16-14-15-7-8-21-14)9-1-3-10(4-2-9)22(19,20)11-5-6-11/h1-4,7-8,11-12,17H,5-6H2,(H,15,16,18). The molecule has 1 aliphatic rings.